The molecule has 2 aliphatic heterocycles. The molecule has 0 N–H and O–H groups in total. The number of hydrogen-bond acceptors (Lipinski definition) is 6. The zero-order valence-electron chi connectivity index (χ0n) is 23.7. The minimum absolute atomic E-state index is 0.262. The van der Waals surface area contributed by atoms with Crippen molar-refractivity contribution in [3.05, 3.63) is 65.2 Å². The molecule has 0 atom stereocenters. The fourth-order valence-electron chi connectivity index (χ4n) is 6.85. The van der Waals surface area contributed by atoms with Crippen LogP contribution in [0.3, 0.4) is 0 Å². The highest BCUT2D eigenvalue weighted by atomic mass is 16.2. The summed E-state index contributed by atoms with van der Waals surface area (Å²) in [5, 5.41) is 12.9. The molecule has 5 heterocycles. The summed E-state index contributed by atoms with van der Waals surface area (Å²) in [4.78, 5) is 42.5. The number of rotatable bonds is 7. The van der Waals surface area contributed by atoms with Crippen LogP contribution in [-0.2, 0) is 29.6 Å². The van der Waals surface area contributed by atoms with Gasteiger partial charge in [-0.25, -0.2) is 5.01 Å². The van der Waals surface area contributed by atoms with E-state index in [1.165, 1.54) is 29.1 Å². The summed E-state index contributed by atoms with van der Waals surface area (Å²) in [6.45, 7) is 0.276. The zero-order chi connectivity index (χ0) is 28.5. The monoisotopic (exact) mass is 563 g/mol. The Morgan fingerprint density at radius 2 is 1.79 bits per heavy atom. The molecule has 8 rings (SSSR count). The molecule has 3 aromatic heterocycles. The first kappa shape index (κ1) is 25.4. The normalized spacial score (nSPS) is 22.3. The van der Waals surface area contributed by atoms with E-state index < -0.39 is 0 Å². The smallest absolute Gasteiger partial charge is 0.273 e. The van der Waals surface area contributed by atoms with Gasteiger partial charge in [0, 0.05) is 54.7 Å². The van der Waals surface area contributed by atoms with Crippen LogP contribution in [0.2, 0.25) is 0 Å². The van der Waals surface area contributed by atoms with Gasteiger partial charge in [-0.1, -0.05) is 12.1 Å². The molecule has 10 heteroatoms. The van der Waals surface area contributed by atoms with E-state index in [0.29, 0.717) is 42.7 Å². The van der Waals surface area contributed by atoms with Crippen LogP contribution in [0, 0.1) is 5.92 Å². The fraction of sp³-hybridized carbons (Fsp3) is 0.438. The lowest BCUT2D eigenvalue weighted by Gasteiger charge is -2.35. The molecule has 4 aliphatic rings. The summed E-state index contributed by atoms with van der Waals surface area (Å²) in [6, 6.07) is 8.49. The first-order valence-corrected chi connectivity index (χ1v) is 15.1. The van der Waals surface area contributed by atoms with E-state index in [9.17, 15) is 14.4 Å². The molecule has 1 saturated heterocycles. The van der Waals surface area contributed by atoms with Gasteiger partial charge in [-0.15, -0.1) is 0 Å². The van der Waals surface area contributed by atoms with Crippen LogP contribution in [0.15, 0.2) is 42.9 Å². The van der Waals surface area contributed by atoms with E-state index >= 15 is 0 Å². The largest absolute Gasteiger partial charge is 0.273 e. The Kier molecular flexibility index (Phi) is 5.80. The molecular weight excluding hydrogens is 530 g/mol. The van der Waals surface area contributed by atoms with Crippen LogP contribution >= 0.6 is 0 Å². The Morgan fingerprint density at radius 1 is 0.976 bits per heavy atom. The predicted molar refractivity (Wildman–Crippen MR) is 154 cm³/mol. The molecule has 4 aromatic rings. The van der Waals surface area contributed by atoms with Gasteiger partial charge >= 0.3 is 0 Å². The van der Waals surface area contributed by atoms with Crippen molar-refractivity contribution in [1.29, 1.82) is 0 Å². The fourth-order valence-corrected chi connectivity index (χ4v) is 6.85. The van der Waals surface area contributed by atoms with Crippen molar-refractivity contribution >= 4 is 28.6 Å². The van der Waals surface area contributed by atoms with Gasteiger partial charge in [-0.2, -0.15) is 15.2 Å². The van der Waals surface area contributed by atoms with Crippen molar-refractivity contribution in [2.45, 2.75) is 76.3 Å². The topological polar surface area (TPSA) is 106 Å². The number of piperidine rings is 1. The SMILES string of the molecule is Cn1ncc2cnc(-c3cn([C@H]4C[C@H](CCc5ccc6c(c5)CN(N5C(=O)CCCC5=O)C6=O)C4)nc3C3CC3)cc21. The Hall–Kier alpha value is -4.34. The van der Waals surface area contributed by atoms with Gasteiger partial charge in [0.25, 0.3) is 5.91 Å². The molecule has 0 unspecified atom stereocenters. The summed E-state index contributed by atoms with van der Waals surface area (Å²) in [7, 11) is 1.96. The van der Waals surface area contributed by atoms with Crippen LogP contribution in [0.4, 0.5) is 0 Å². The van der Waals surface area contributed by atoms with E-state index in [1.54, 1.807) is 0 Å². The number of pyridine rings is 1. The quantitative estimate of drug-likeness (QED) is 0.302. The van der Waals surface area contributed by atoms with E-state index in [0.717, 1.165) is 58.4 Å². The van der Waals surface area contributed by atoms with Gasteiger partial charge in [0.1, 0.15) is 0 Å². The third-order valence-electron chi connectivity index (χ3n) is 9.51. The minimum Gasteiger partial charge on any atom is -0.273 e. The van der Waals surface area contributed by atoms with Crippen LogP contribution in [0.1, 0.15) is 90.5 Å². The van der Waals surface area contributed by atoms with E-state index in [4.69, 9.17) is 10.1 Å². The van der Waals surface area contributed by atoms with Crippen molar-refractivity contribution in [1.82, 2.24) is 34.6 Å². The van der Waals surface area contributed by atoms with Crippen LogP contribution < -0.4 is 0 Å². The molecule has 1 aromatic carbocycles. The molecule has 42 heavy (non-hydrogen) atoms. The number of carbonyl (C=O) groups excluding carboxylic acids is 3. The van der Waals surface area contributed by atoms with E-state index in [-0.39, 0.29) is 24.3 Å². The van der Waals surface area contributed by atoms with Crippen LogP contribution in [-0.4, -0.2) is 52.3 Å². The number of hydrogen-bond donors (Lipinski definition) is 0. The van der Waals surface area contributed by atoms with Crippen LogP contribution in [0.25, 0.3) is 22.2 Å². The Balaban J connectivity index is 0.918. The average molecular weight is 564 g/mol. The Morgan fingerprint density at radius 3 is 2.57 bits per heavy atom. The second-order valence-electron chi connectivity index (χ2n) is 12.4. The number of imide groups is 1. The van der Waals surface area contributed by atoms with Gasteiger partial charge in [0.15, 0.2) is 0 Å². The first-order valence-electron chi connectivity index (χ1n) is 15.1. The van der Waals surface area contributed by atoms with Gasteiger partial charge in [0.2, 0.25) is 11.8 Å². The molecule has 0 bridgehead atoms. The average Bonchev–Trinajstić information content (AvgIpc) is 3.50. The molecule has 0 spiro atoms. The summed E-state index contributed by atoms with van der Waals surface area (Å²) in [5.41, 5.74) is 7.06. The number of carbonyl (C=O) groups is 3. The van der Waals surface area contributed by atoms with Crippen LogP contribution in [0.5, 0.6) is 0 Å². The molecule has 10 nitrogen and oxygen atoms in total. The van der Waals surface area contributed by atoms with Crippen molar-refractivity contribution in [2.24, 2.45) is 13.0 Å². The second-order valence-corrected chi connectivity index (χ2v) is 12.4. The van der Waals surface area contributed by atoms with Crippen molar-refractivity contribution in [3.63, 3.8) is 0 Å². The number of benzene rings is 1. The summed E-state index contributed by atoms with van der Waals surface area (Å²) < 4.78 is 4.08. The number of aromatic nitrogens is 5. The molecule has 214 valence electrons. The molecule has 3 amide bonds. The number of aryl methyl sites for hydroxylation is 2. The second kappa shape index (κ2) is 9.61. The van der Waals surface area contributed by atoms with Crippen molar-refractivity contribution < 1.29 is 14.4 Å². The number of amides is 3. The van der Waals surface area contributed by atoms with Gasteiger partial charge in [-0.05, 0) is 74.1 Å². The van der Waals surface area contributed by atoms with E-state index in [2.05, 4.69) is 28.1 Å². The lowest BCUT2D eigenvalue weighted by molar-refractivity contribution is -0.163. The molecule has 3 fully saturated rings. The Bertz CT molecular complexity index is 1740. The number of nitrogens with zero attached hydrogens (tertiary/aromatic N) is 7. The highest BCUT2D eigenvalue weighted by molar-refractivity contribution is 6.04. The molecule has 0 radical (unpaired) electrons. The lowest BCUT2D eigenvalue weighted by Crippen LogP contribution is -2.51. The van der Waals surface area contributed by atoms with Crippen molar-refractivity contribution in [2.75, 3.05) is 0 Å². The predicted octanol–water partition coefficient (Wildman–Crippen LogP) is 4.70. The maximum atomic E-state index is 13.0. The van der Waals surface area contributed by atoms with Crippen molar-refractivity contribution in [3.8, 4) is 11.3 Å². The number of fused-ring (bicyclic) bond motifs is 2. The standard InChI is InChI=1S/C32H33N7O3/c1-36-28-14-27(33-15-23(28)16-34-36)26-18-37(35-31(26)21-8-9-21)24-12-20(13-24)6-5-19-7-10-25-22(11-19)17-38(32(25)42)39-29(40)3-2-4-30(39)41/h7,10-11,14-16,18,20-21,24H,2-6,8-9,12-13,17H2,1H3/t20-,24-. The number of hydrazine groups is 1. The summed E-state index contributed by atoms with van der Waals surface area (Å²) >= 11 is 0. The third-order valence-corrected chi connectivity index (χ3v) is 9.51. The summed E-state index contributed by atoms with van der Waals surface area (Å²) in [5.74, 6) is 0.334. The Labute approximate surface area is 243 Å². The van der Waals surface area contributed by atoms with E-state index in [1.807, 2.05) is 36.3 Å². The highest BCUT2D eigenvalue weighted by Gasteiger charge is 2.39. The van der Waals surface area contributed by atoms with Gasteiger partial charge in [0.05, 0.1) is 35.7 Å². The van der Waals surface area contributed by atoms with Gasteiger partial charge in [-0.3, -0.25) is 28.7 Å². The molecular formula is C32H33N7O3. The lowest BCUT2D eigenvalue weighted by atomic mass is 9.77. The summed E-state index contributed by atoms with van der Waals surface area (Å²) in [6.07, 6.45) is 13.8. The molecule has 2 saturated carbocycles. The third kappa shape index (κ3) is 4.23. The maximum Gasteiger partial charge on any atom is 0.273 e. The molecule has 2 aliphatic carbocycles. The van der Waals surface area contributed by atoms with Gasteiger partial charge < -0.3 is 0 Å². The zero-order valence-corrected chi connectivity index (χ0v) is 23.7. The minimum atomic E-state index is -0.286. The highest BCUT2D eigenvalue weighted by Crippen LogP contribution is 2.46. The first-order chi connectivity index (χ1) is 20.4. The maximum absolute atomic E-state index is 13.0.